The zero-order valence-electron chi connectivity index (χ0n) is 18.7. The van der Waals surface area contributed by atoms with Gasteiger partial charge in [0.15, 0.2) is 17.3 Å². The molecule has 0 unspecified atom stereocenters. The Bertz CT molecular complexity index is 1380. The highest BCUT2D eigenvalue weighted by Crippen LogP contribution is 2.33. The van der Waals surface area contributed by atoms with Gasteiger partial charge in [0, 0.05) is 6.26 Å². The predicted molar refractivity (Wildman–Crippen MR) is 133 cm³/mol. The first-order chi connectivity index (χ1) is 16.2. The maximum atomic E-state index is 12.6. The van der Waals surface area contributed by atoms with E-state index in [1.165, 1.54) is 6.08 Å². The van der Waals surface area contributed by atoms with Crippen LogP contribution in [0.15, 0.2) is 58.1 Å². The first-order valence-corrected chi connectivity index (χ1v) is 13.0. The average Bonchev–Trinajstić information content (AvgIpc) is 3.21. The number of thioether (sulfide) groups is 1. The van der Waals surface area contributed by atoms with Crippen LogP contribution < -0.4 is 9.47 Å². The van der Waals surface area contributed by atoms with E-state index < -0.39 is 15.7 Å². The number of hydrogen-bond acceptors (Lipinski definition) is 8. The Hall–Kier alpha value is -3.44. The molecule has 0 radical (unpaired) electrons. The third kappa shape index (κ3) is 5.05. The molecule has 11 heteroatoms. The van der Waals surface area contributed by atoms with E-state index in [2.05, 4.69) is 10.1 Å². The maximum Gasteiger partial charge on any atom is 0.283 e. The number of nitrogens with zero attached hydrogens (tertiary/aromatic N) is 3. The zero-order chi connectivity index (χ0) is 24.5. The van der Waals surface area contributed by atoms with Crippen molar-refractivity contribution < 1.29 is 22.7 Å². The highest BCUT2D eigenvalue weighted by molar-refractivity contribution is 8.42. The van der Waals surface area contributed by atoms with Crippen molar-refractivity contribution >= 4 is 49.0 Å². The molecule has 2 heterocycles. The Morgan fingerprint density at radius 1 is 1.15 bits per heavy atom. The standard InChI is InChI=1S/C23H22N4O5S2/c1-4-31-19-12-15(8-9-18(19)32-13-16-7-5-6-14(2)10-16)11-17-20(24)27-22(25-21(17)28)33-23(26-27)34(3,29)30/h5-12,24H,4,13H2,1-3H3/b17-11-,24-20?. The number of carbonyl (C=O) groups excluding carboxylic acids is 1. The van der Waals surface area contributed by atoms with Crippen LogP contribution in [0.4, 0.5) is 0 Å². The summed E-state index contributed by atoms with van der Waals surface area (Å²) in [6.45, 7) is 4.66. The number of benzene rings is 2. The highest BCUT2D eigenvalue weighted by Gasteiger charge is 2.38. The van der Waals surface area contributed by atoms with Gasteiger partial charge in [-0.2, -0.15) is 10.0 Å². The molecule has 2 aromatic carbocycles. The van der Waals surface area contributed by atoms with Crippen molar-refractivity contribution in [1.29, 1.82) is 5.41 Å². The Kier molecular flexibility index (Phi) is 6.58. The minimum atomic E-state index is -3.59. The number of ether oxygens (including phenoxy) is 2. The number of fused-ring (bicyclic) bond motifs is 1. The molecule has 4 rings (SSSR count). The minimum Gasteiger partial charge on any atom is -0.490 e. The predicted octanol–water partition coefficient (Wildman–Crippen LogP) is 3.59. The molecule has 1 amide bonds. The van der Waals surface area contributed by atoms with Crippen LogP contribution in [0.1, 0.15) is 23.6 Å². The summed E-state index contributed by atoms with van der Waals surface area (Å²) in [5.74, 6) is 0.150. The normalized spacial score (nSPS) is 16.9. The molecule has 2 aromatic rings. The lowest BCUT2D eigenvalue weighted by atomic mass is 10.1. The van der Waals surface area contributed by atoms with Crippen LogP contribution >= 0.6 is 11.8 Å². The molecule has 2 aliphatic rings. The quantitative estimate of drug-likeness (QED) is 0.604. The van der Waals surface area contributed by atoms with Gasteiger partial charge in [-0.25, -0.2) is 8.42 Å². The third-order valence-corrected chi connectivity index (χ3v) is 7.39. The molecular weight excluding hydrogens is 476 g/mol. The van der Waals surface area contributed by atoms with Crippen LogP contribution in [-0.2, 0) is 21.2 Å². The van der Waals surface area contributed by atoms with Crippen molar-refractivity contribution in [3.05, 3.63) is 64.7 Å². The van der Waals surface area contributed by atoms with Gasteiger partial charge in [0.1, 0.15) is 6.61 Å². The number of aryl methyl sites for hydroxylation is 1. The van der Waals surface area contributed by atoms with Gasteiger partial charge < -0.3 is 9.47 Å². The fourth-order valence-electron chi connectivity index (χ4n) is 3.26. The highest BCUT2D eigenvalue weighted by atomic mass is 32.3. The second-order valence-electron chi connectivity index (χ2n) is 7.58. The number of hydrazone groups is 1. The number of nitrogens with one attached hydrogen (secondary N) is 1. The van der Waals surface area contributed by atoms with E-state index in [0.717, 1.165) is 34.2 Å². The molecule has 0 fully saturated rings. The van der Waals surface area contributed by atoms with E-state index in [9.17, 15) is 13.2 Å². The third-order valence-electron chi connectivity index (χ3n) is 4.81. The van der Waals surface area contributed by atoms with Gasteiger partial charge in [-0.15, -0.1) is 5.10 Å². The maximum absolute atomic E-state index is 12.6. The summed E-state index contributed by atoms with van der Waals surface area (Å²) >= 11 is 0.745. The van der Waals surface area contributed by atoms with Gasteiger partial charge in [0.25, 0.3) is 5.91 Å². The van der Waals surface area contributed by atoms with Crippen LogP contribution in [-0.4, -0.2) is 47.6 Å². The summed E-state index contributed by atoms with van der Waals surface area (Å²) in [6.07, 6.45) is 2.51. The van der Waals surface area contributed by atoms with Crippen LogP contribution in [0.3, 0.4) is 0 Å². The van der Waals surface area contributed by atoms with Crippen molar-refractivity contribution in [3.63, 3.8) is 0 Å². The second kappa shape index (κ2) is 9.43. The SMILES string of the molecule is CCOc1cc(/C=C2/C(=N)N3N=C(S(C)(=O)=O)SC3=NC2=O)ccc1OCc1cccc(C)c1. The number of amides is 1. The van der Waals surface area contributed by atoms with E-state index in [1.807, 2.05) is 38.1 Å². The van der Waals surface area contributed by atoms with Crippen LogP contribution in [0.2, 0.25) is 0 Å². The van der Waals surface area contributed by atoms with Crippen LogP contribution in [0.25, 0.3) is 6.08 Å². The Labute approximate surface area is 201 Å². The smallest absolute Gasteiger partial charge is 0.283 e. The number of aliphatic imine (C=N–C) groups is 1. The van der Waals surface area contributed by atoms with E-state index >= 15 is 0 Å². The fourth-order valence-corrected chi connectivity index (χ4v) is 4.94. The van der Waals surface area contributed by atoms with Gasteiger partial charge in [-0.05, 0) is 54.9 Å². The molecule has 0 aromatic heterocycles. The Balaban J connectivity index is 1.60. The molecule has 0 saturated carbocycles. The van der Waals surface area contributed by atoms with Gasteiger partial charge in [-0.1, -0.05) is 35.9 Å². The first-order valence-electron chi connectivity index (χ1n) is 10.3. The van der Waals surface area contributed by atoms with Gasteiger partial charge >= 0.3 is 0 Å². The lowest BCUT2D eigenvalue weighted by Gasteiger charge is -2.20. The van der Waals surface area contributed by atoms with Crippen molar-refractivity contribution in [2.24, 2.45) is 10.1 Å². The Morgan fingerprint density at radius 3 is 2.65 bits per heavy atom. The van der Waals surface area contributed by atoms with Crippen molar-refractivity contribution in [1.82, 2.24) is 5.01 Å². The number of rotatable bonds is 6. The number of amidine groups is 2. The van der Waals surface area contributed by atoms with Crippen molar-refractivity contribution in [2.45, 2.75) is 20.5 Å². The second-order valence-corrected chi connectivity index (χ2v) is 10.7. The minimum absolute atomic E-state index is 0.0151. The summed E-state index contributed by atoms with van der Waals surface area (Å²) in [5.41, 5.74) is 2.75. The summed E-state index contributed by atoms with van der Waals surface area (Å²) in [4.78, 5) is 16.5. The van der Waals surface area contributed by atoms with Crippen LogP contribution in [0.5, 0.6) is 11.5 Å². The summed E-state index contributed by atoms with van der Waals surface area (Å²) in [5, 5.41) is 13.4. The van der Waals surface area contributed by atoms with Gasteiger partial charge in [-0.3, -0.25) is 10.2 Å². The molecule has 1 N–H and O–H groups in total. The summed E-state index contributed by atoms with van der Waals surface area (Å²) < 4.78 is 35.1. The monoisotopic (exact) mass is 498 g/mol. The molecule has 0 bridgehead atoms. The summed E-state index contributed by atoms with van der Waals surface area (Å²) in [6, 6.07) is 13.2. The van der Waals surface area contributed by atoms with Gasteiger partial charge in [0.2, 0.25) is 19.4 Å². The molecule has 0 saturated heterocycles. The molecule has 2 aliphatic heterocycles. The number of hydrogen-bond donors (Lipinski definition) is 1. The van der Waals surface area contributed by atoms with Crippen LogP contribution in [0, 0.1) is 12.3 Å². The molecule has 0 atom stereocenters. The molecule has 0 spiro atoms. The van der Waals surface area contributed by atoms with Gasteiger partial charge in [0.05, 0.1) is 12.2 Å². The fraction of sp³-hybridized carbons (Fsp3) is 0.217. The zero-order valence-corrected chi connectivity index (χ0v) is 20.4. The summed E-state index contributed by atoms with van der Waals surface area (Å²) in [7, 11) is -3.59. The average molecular weight is 499 g/mol. The lowest BCUT2D eigenvalue weighted by Crippen LogP contribution is -2.35. The van der Waals surface area contributed by atoms with Crippen molar-refractivity contribution in [3.8, 4) is 11.5 Å². The van der Waals surface area contributed by atoms with E-state index in [4.69, 9.17) is 14.9 Å². The van der Waals surface area contributed by atoms with E-state index in [-0.39, 0.29) is 21.0 Å². The largest absolute Gasteiger partial charge is 0.490 e. The molecule has 176 valence electrons. The first kappa shape index (κ1) is 23.7. The molecule has 9 nitrogen and oxygen atoms in total. The number of sulfone groups is 1. The number of carbonyl (C=O) groups is 1. The van der Waals surface area contributed by atoms with E-state index in [0.29, 0.717) is 30.3 Å². The topological polar surface area (TPSA) is 121 Å². The Morgan fingerprint density at radius 2 is 1.94 bits per heavy atom. The molecule has 34 heavy (non-hydrogen) atoms. The molecular formula is C23H22N4O5S2. The lowest BCUT2D eigenvalue weighted by molar-refractivity contribution is -0.114. The van der Waals surface area contributed by atoms with E-state index in [1.54, 1.807) is 18.2 Å². The molecule has 0 aliphatic carbocycles. The van der Waals surface area contributed by atoms with Crippen molar-refractivity contribution in [2.75, 3.05) is 12.9 Å².